The number of aromatic amines is 2. The topological polar surface area (TPSA) is 147 Å². The van der Waals surface area contributed by atoms with E-state index in [2.05, 4.69) is 40.8 Å². The van der Waals surface area contributed by atoms with Crippen LogP contribution in [0.3, 0.4) is 0 Å². The molecule has 3 N–H and O–H groups in total. The highest BCUT2D eigenvalue weighted by Crippen LogP contribution is 2.36. The number of carbonyl (C=O) groups excluding carboxylic acids is 1. The van der Waals surface area contributed by atoms with Crippen molar-refractivity contribution in [2.45, 2.75) is 13.1 Å². The maximum atomic E-state index is 13.6. The summed E-state index contributed by atoms with van der Waals surface area (Å²) >= 11 is 0. The molecular weight excluding hydrogens is 491 g/mol. The molecule has 0 radical (unpaired) electrons. The van der Waals surface area contributed by atoms with Gasteiger partial charge in [-0.25, -0.2) is 15.1 Å². The first-order valence-electron chi connectivity index (χ1n) is 10.7. The molecule has 186 valence electrons. The number of benzene rings is 1. The number of halogens is 3. The van der Waals surface area contributed by atoms with Gasteiger partial charge in [0.1, 0.15) is 17.2 Å². The number of amides is 1. The number of aromatic nitrogens is 8. The Kier molecular flexibility index (Phi) is 5.83. The maximum Gasteiger partial charge on any atom is 0.417 e. The third-order valence-electron chi connectivity index (χ3n) is 5.20. The number of alkyl halides is 3. The molecule has 37 heavy (non-hydrogen) atoms. The van der Waals surface area contributed by atoms with Crippen LogP contribution in [0, 0.1) is 6.92 Å². The van der Waals surface area contributed by atoms with E-state index in [-0.39, 0.29) is 22.8 Å². The molecule has 0 bridgehead atoms. The van der Waals surface area contributed by atoms with Gasteiger partial charge in [0.05, 0.1) is 5.56 Å². The molecule has 0 atom stereocenters. The number of aryl methyl sites for hydroxylation is 1. The Bertz CT molecular complexity index is 1640. The van der Waals surface area contributed by atoms with E-state index >= 15 is 0 Å². The SMILES string of the molecule is Cc1cc(-n2nc(-c3ccc(=O)[nH]n3)cc2NC(=O)c2ccc(C(F)(F)F)c(-c3ncccn3)c2)n[nH]1. The van der Waals surface area contributed by atoms with E-state index in [9.17, 15) is 22.8 Å². The highest BCUT2D eigenvalue weighted by atomic mass is 19.4. The normalized spacial score (nSPS) is 11.5. The summed E-state index contributed by atoms with van der Waals surface area (Å²) in [6.07, 6.45) is -2.06. The summed E-state index contributed by atoms with van der Waals surface area (Å²) in [4.78, 5) is 32.4. The summed E-state index contributed by atoms with van der Waals surface area (Å²) in [6, 6.07) is 10.3. The molecule has 11 nitrogen and oxygen atoms in total. The number of hydrogen-bond acceptors (Lipinski definition) is 7. The van der Waals surface area contributed by atoms with Crippen LogP contribution in [0.15, 0.2) is 65.7 Å². The van der Waals surface area contributed by atoms with Crippen molar-refractivity contribution in [3.63, 3.8) is 0 Å². The van der Waals surface area contributed by atoms with Gasteiger partial charge in [-0.05, 0) is 37.3 Å². The Labute approximate surface area is 205 Å². The van der Waals surface area contributed by atoms with E-state index in [4.69, 9.17) is 0 Å². The van der Waals surface area contributed by atoms with Gasteiger partial charge in [-0.15, -0.1) is 0 Å². The van der Waals surface area contributed by atoms with Crippen molar-refractivity contribution < 1.29 is 18.0 Å². The zero-order valence-corrected chi connectivity index (χ0v) is 18.9. The fraction of sp³-hybridized carbons (Fsp3) is 0.0870. The lowest BCUT2D eigenvalue weighted by atomic mass is 10.0. The second-order valence-electron chi connectivity index (χ2n) is 7.83. The Hall–Kier alpha value is -5.14. The molecule has 0 aliphatic rings. The molecule has 14 heteroatoms. The van der Waals surface area contributed by atoms with Crippen LogP contribution in [0.1, 0.15) is 21.6 Å². The van der Waals surface area contributed by atoms with Crippen molar-refractivity contribution in [2.24, 2.45) is 0 Å². The Balaban J connectivity index is 1.54. The second kappa shape index (κ2) is 9.14. The minimum atomic E-state index is -4.68. The number of nitrogens with one attached hydrogen (secondary N) is 3. The lowest BCUT2D eigenvalue weighted by Crippen LogP contribution is -2.16. The molecule has 1 amide bonds. The molecule has 1 aromatic carbocycles. The predicted octanol–water partition coefficient (Wildman–Crippen LogP) is 3.38. The first-order chi connectivity index (χ1) is 17.7. The second-order valence-corrected chi connectivity index (χ2v) is 7.83. The maximum absolute atomic E-state index is 13.6. The molecule has 0 aliphatic heterocycles. The van der Waals surface area contributed by atoms with Gasteiger partial charge in [0.2, 0.25) is 0 Å². The van der Waals surface area contributed by atoms with Gasteiger partial charge in [0, 0.05) is 47.4 Å². The number of rotatable bonds is 5. The summed E-state index contributed by atoms with van der Waals surface area (Å²) < 4.78 is 42.2. The number of H-pyrrole nitrogens is 2. The third kappa shape index (κ3) is 4.84. The summed E-state index contributed by atoms with van der Waals surface area (Å²) in [6.45, 7) is 1.78. The molecule has 0 saturated carbocycles. The fourth-order valence-electron chi connectivity index (χ4n) is 3.51. The average molecular weight is 507 g/mol. The van der Waals surface area contributed by atoms with Crippen molar-refractivity contribution in [1.82, 2.24) is 40.1 Å². The lowest BCUT2D eigenvalue weighted by Gasteiger charge is -2.13. The molecule has 4 heterocycles. The van der Waals surface area contributed by atoms with E-state index in [1.807, 2.05) is 0 Å². The van der Waals surface area contributed by atoms with Crippen LogP contribution >= 0.6 is 0 Å². The van der Waals surface area contributed by atoms with E-state index in [0.717, 1.165) is 23.9 Å². The minimum Gasteiger partial charge on any atom is -0.306 e. The van der Waals surface area contributed by atoms with Crippen LogP contribution in [-0.2, 0) is 6.18 Å². The first kappa shape index (κ1) is 23.6. The van der Waals surface area contributed by atoms with Crippen molar-refractivity contribution >= 4 is 11.7 Å². The molecule has 4 aromatic heterocycles. The van der Waals surface area contributed by atoms with Crippen LogP contribution in [0.2, 0.25) is 0 Å². The quantitative estimate of drug-likeness (QED) is 0.330. The summed E-state index contributed by atoms with van der Waals surface area (Å²) in [7, 11) is 0. The molecule has 5 rings (SSSR count). The zero-order valence-electron chi connectivity index (χ0n) is 18.9. The minimum absolute atomic E-state index is 0.0647. The zero-order chi connectivity index (χ0) is 26.2. The summed E-state index contributed by atoms with van der Waals surface area (Å²) in [5.41, 5.74) is -0.432. The van der Waals surface area contributed by atoms with Gasteiger partial charge in [0.15, 0.2) is 11.6 Å². The van der Waals surface area contributed by atoms with Crippen LogP contribution in [0.25, 0.3) is 28.6 Å². The Morgan fingerprint density at radius 2 is 1.76 bits per heavy atom. The summed E-state index contributed by atoms with van der Waals surface area (Å²) in [5.74, 6) is -0.376. The van der Waals surface area contributed by atoms with Gasteiger partial charge in [-0.1, -0.05) is 0 Å². The molecule has 5 aromatic rings. The number of anilines is 1. The first-order valence-corrected chi connectivity index (χ1v) is 10.7. The highest BCUT2D eigenvalue weighted by molar-refractivity contribution is 6.05. The van der Waals surface area contributed by atoms with Crippen molar-refractivity contribution in [1.29, 1.82) is 0 Å². The smallest absolute Gasteiger partial charge is 0.306 e. The lowest BCUT2D eigenvalue weighted by molar-refractivity contribution is -0.137. The van der Waals surface area contributed by atoms with Crippen LogP contribution < -0.4 is 10.9 Å². The van der Waals surface area contributed by atoms with Crippen LogP contribution in [0.5, 0.6) is 0 Å². The highest BCUT2D eigenvalue weighted by Gasteiger charge is 2.35. The number of hydrogen-bond donors (Lipinski definition) is 3. The van der Waals surface area contributed by atoms with Crippen molar-refractivity contribution in [2.75, 3.05) is 5.32 Å². The van der Waals surface area contributed by atoms with Gasteiger partial charge in [-0.2, -0.15) is 33.1 Å². The van der Waals surface area contributed by atoms with Crippen LogP contribution in [0.4, 0.5) is 19.0 Å². The fourth-order valence-corrected chi connectivity index (χ4v) is 3.51. The van der Waals surface area contributed by atoms with Crippen molar-refractivity contribution in [3.8, 4) is 28.6 Å². The summed E-state index contributed by atoms with van der Waals surface area (Å²) in [5, 5.41) is 20.2. The molecular formula is C23H16F3N9O2. The van der Waals surface area contributed by atoms with Gasteiger partial charge >= 0.3 is 6.18 Å². The number of carbonyl (C=O) groups is 1. The largest absolute Gasteiger partial charge is 0.417 e. The third-order valence-corrected chi connectivity index (χ3v) is 5.20. The molecule has 0 unspecified atom stereocenters. The predicted molar refractivity (Wildman–Crippen MR) is 125 cm³/mol. The monoisotopic (exact) mass is 507 g/mol. The van der Waals surface area contributed by atoms with Gasteiger partial charge in [-0.3, -0.25) is 14.7 Å². The van der Waals surface area contributed by atoms with E-state index in [0.29, 0.717) is 17.2 Å². The molecule has 0 saturated heterocycles. The average Bonchev–Trinajstić information content (AvgIpc) is 3.50. The standard InChI is InChI=1S/C23H16F3N9O2/c1-12-9-19(32-30-12)35-18(11-17(34-35)16-5-6-20(36)33-31-16)29-22(37)13-3-4-15(23(24,25)26)14(10-13)21-27-7-2-8-28-21/h2-11H,1H3,(H,29,37)(H,30,32)(H,33,36). The van der Waals surface area contributed by atoms with E-state index < -0.39 is 23.2 Å². The number of nitrogens with zero attached hydrogens (tertiary/aromatic N) is 6. The van der Waals surface area contributed by atoms with Gasteiger partial charge < -0.3 is 5.32 Å². The van der Waals surface area contributed by atoms with E-state index in [1.54, 1.807) is 13.0 Å². The van der Waals surface area contributed by atoms with Crippen molar-refractivity contribution in [3.05, 3.63) is 88.1 Å². The molecule has 0 fully saturated rings. The molecule has 0 aliphatic carbocycles. The molecule has 0 spiro atoms. The van der Waals surface area contributed by atoms with Gasteiger partial charge in [0.25, 0.3) is 11.5 Å². The Morgan fingerprint density at radius 3 is 2.41 bits per heavy atom. The Morgan fingerprint density at radius 1 is 0.973 bits per heavy atom. The van der Waals surface area contributed by atoms with Crippen LogP contribution in [-0.4, -0.2) is 46.1 Å². The van der Waals surface area contributed by atoms with E-state index in [1.165, 1.54) is 41.3 Å².